The molecule has 1 aliphatic carbocycles. The highest BCUT2D eigenvalue weighted by Crippen LogP contribution is 2.26. The van der Waals surface area contributed by atoms with Gasteiger partial charge in [0.25, 0.3) is 5.91 Å². The van der Waals surface area contributed by atoms with E-state index < -0.39 is 5.82 Å². The van der Waals surface area contributed by atoms with E-state index in [1.54, 1.807) is 29.4 Å². The van der Waals surface area contributed by atoms with Crippen LogP contribution in [0.1, 0.15) is 36.2 Å². The molecule has 32 heavy (non-hydrogen) atoms. The summed E-state index contributed by atoms with van der Waals surface area (Å²) in [6.45, 7) is 0. The van der Waals surface area contributed by atoms with Crippen molar-refractivity contribution in [3.8, 4) is 11.5 Å². The molecule has 0 radical (unpaired) electrons. The zero-order chi connectivity index (χ0) is 22.1. The molecular formula is C21H22FN9O. The van der Waals surface area contributed by atoms with Crippen LogP contribution in [0.4, 0.5) is 10.2 Å². The van der Waals surface area contributed by atoms with Gasteiger partial charge in [0, 0.05) is 31.5 Å². The molecule has 1 fully saturated rings. The van der Waals surface area contributed by atoms with Gasteiger partial charge in [0.05, 0.1) is 17.9 Å². The first-order valence-electron chi connectivity index (χ1n) is 10.4. The molecule has 1 amide bonds. The fourth-order valence-electron chi connectivity index (χ4n) is 4.04. The molecule has 10 nitrogen and oxygen atoms in total. The van der Waals surface area contributed by atoms with Crippen molar-refractivity contribution >= 4 is 22.8 Å². The first-order valence-corrected chi connectivity index (χ1v) is 10.4. The van der Waals surface area contributed by atoms with Crippen LogP contribution in [-0.4, -0.2) is 52.7 Å². The number of aromatic nitrogens is 7. The number of rotatable bonds is 5. The van der Waals surface area contributed by atoms with E-state index in [2.05, 4.69) is 40.8 Å². The highest BCUT2D eigenvalue weighted by atomic mass is 19.1. The quantitative estimate of drug-likeness (QED) is 0.439. The number of halogens is 1. The Morgan fingerprint density at radius 3 is 2.97 bits per heavy atom. The van der Waals surface area contributed by atoms with Crippen LogP contribution in [0.15, 0.2) is 37.1 Å². The number of carbonyl (C=O) groups excluding carboxylic acids is 1. The molecule has 0 spiro atoms. The second kappa shape index (κ2) is 8.33. The van der Waals surface area contributed by atoms with Gasteiger partial charge in [-0.25, -0.2) is 24.3 Å². The molecule has 0 saturated heterocycles. The number of anilines is 1. The van der Waals surface area contributed by atoms with Crippen molar-refractivity contribution in [3.63, 3.8) is 0 Å². The summed E-state index contributed by atoms with van der Waals surface area (Å²) >= 11 is 0. The third-order valence-electron chi connectivity index (χ3n) is 5.58. The Kier molecular flexibility index (Phi) is 5.21. The lowest BCUT2D eigenvalue weighted by Crippen LogP contribution is -2.42. The first-order chi connectivity index (χ1) is 15.6. The Bertz CT molecular complexity index is 1270. The van der Waals surface area contributed by atoms with Crippen molar-refractivity contribution in [2.45, 2.75) is 37.8 Å². The molecule has 3 N–H and O–H groups in total. The van der Waals surface area contributed by atoms with Crippen molar-refractivity contribution in [1.82, 2.24) is 40.0 Å². The van der Waals surface area contributed by atoms with Crippen molar-refractivity contribution in [1.29, 1.82) is 0 Å². The van der Waals surface area contributed by atoms with Crippen molar-refractivity contribution in [2.75, 3.05) is 5.32 Å². The summed E-state index contributed by atoms with van der Waals surface area (Å²) in [5.41, 5.74) is 1.51. The van der Waals surface area contributed by atoms with Gasteiger partial charge < -0.3 is 15.2 Å². The lowest BCUT2D eigenvalue weighted by Gasteiger charge is -2.30. The smallest absolute Gasteiger partial charge is 0.271 e. The van der Waals surface area contributed by atoms with E-state index in [4.69, 9.17) is 0 Å². The van der Waals surface area contributed by atoms with Gasteiger partial charge in [0.15, 0.2) is 23.1 Å². The second-order valence-corrected chi connectivity index (χ2v) is 7.96. The number of carbonyl (C=O) groups is 1. The van der Waals surface area contributed by atoms with Crippen LogP contribution < -0.4 is 10.6 Å². The lowest BCUT2D eigenvalue weighted by molar-refractivity contribution is 0.0921. The zero-order valence-electron chi connectivity index (χ0n) is 17.4. The highest BCUT2D eigenvalue weighted by Gasteiger charge is 2.25. The average Bonchev–Trinajstić information content (AvgIpc) is 3.42. The minimum atomic E-state index is -0.536. The predicted molar refractivity (Wildman–Crippen MR) is 115 cm³/mol. The summed E-state index contributed by atoms with van der Waals surface area (Å²) < 4.78 is 16.2. The largest absolute Gasteiger partial charge is 0.365 e. The number of amides is 1. The Morgan fingerprint density at radius 1 is 1.25 bits per heavy atom. The number of pyridine rings is 1. The van der Waals surface area contributed by atoms with Crippen LogP contribution in [0.25, 0.3) is 22.6 Å². The monoisotopic (exact) mass is 435 g/mol. The Balaban J connectivity index is 1.30. The van der Waals surface area contributed by atoms with Crippen molar-refractivity contribution < 1.29 is 9.18 Å². The number of imidazole rings is 1. The molecule has 2 atom stereocenters. The van der Waals surface area contributed by atoms with Crippen LogP contribution in [-0.2, 0) is 7.05 Å². The van der Waals surface area contributed by atoms with Crippen LogP contribution in [0, 0.1) is 5.82 Å². The third kappa shape index (κ3) is 4.01. The molecule has 164 valence electrons. The van der Waals surface area contributed by atoms with E-state index in [0.29, 0.717) is 29.3 Å². The number of aryl methyl sites for hydroxylation is 1. The molecule has 1 saturated carbocycles. The summed E-state index contributed by atoms with van der Waals surface area (Å²) in [5, 5.41) is 14.1. The molecule has 0 bridgehead atoms. The maximum Gasteiger partial charge on any atom is 0.271 e. The molecule has 0 aromatic carbocycles. The minimum Gasteiger partial charge on any atom is -0.365 e. The van der Waals surface area contributed by atoms with Crippen molar-refractivity contribution in [2.24, 2.45) is 7.05 Å². The zero-order valence-corrected chi connectivity index (χ0v) is 17.4. The number of hydrogen-bond acceptors (Lipinski definition) is 7. The predicted octanol–water partition coefficient (Wildman–Crippen LogP) is 2.44. The number of fused-ring (bicyclic) bond motifs is 1. The van der Waals surface area contributed by atoms with Gasteiger partial charge in [-0.3, -0.25) is 9.89 Å². The Morgan fingerprint density at radius 2 is 2.12 bits per heavy atom. The second-order valence-electron chi connectivity index (χ2n) is 7.96. The molecule has 5 rings (SSSR count). The highest BCUT2D eigenvalue weighted by molar-refractivity contribution is 5.92. The Hall–Kier alpha value is -3.89. The van der Waals surface area contributed by atoms with Gasteiger partial charge in [-0.15, -0.1) is 0 Å². The standard InChI is InChI=1S/C21H22FN9O/c1-31-10-16(25-11-31)21(32)27-13-5-2-4-12(8-13)26-19-15(22)9-24-20(28-19)17-14-6-3-7-23-18(14)30-29-17/h3,6-7,9-13H,2,4-5,8H2,1H3,(H,27,32)(H,23,29,30)(H,24,26,28)/t12-,13+/m0/s1. The van der Waals surface area contributed by atoms with Gasteiger partial charge in [0.1, 0.15) is 11.4 Å². The van der Waals surface area contributed by atoms with Crippen molar-refractivity contribution in [3.05, 3.63) is 48.6 Å². The van der Waals surface area contributed by atoms with Gasteiger partial charge in [0.2, 0.25) is 0 Å². The molecule has 4 aromatic rings. The summed E-state index contributed by atoms with van der Waals surface area (Å²) in [6, 6.07) is 3.59. The molecule has 11 heteroatoms. The SMILES string of the molecule is Cn1cnc(C(=O)N[C@@H]2CCC[C@H](Nc3nc(-c4n[nH]c5ncccc45)ncc3F)C2)c1. The molecular weight excluding hydrogens is 413 g/mol. The topological polar surface area (TPSA) is 126 Å². The maximum absolute atomic E-state index is 14.5. The third-order valence-corrected chi connectivity index (χ3v) is 5.58. The van der Waals surface area contributed by atoms with Gasteiger partial charge in [-0.05, 0) is 37.8 Å². The fraction of sp³-hybridized carbons (Fsp3) is 0.333. The van der Waals surface area contributed by atoms with Crippen LogP contribution >= 0.6 is 0 Å². The average molecular weight is 435 g/mol. The lowest BCUT2D eigenvalue weighted by atomic mass is 9.91. The number of nitrogens with zero attached hydrogens (tertiary/aromatic N) is 6. The van der Waals surface area contributed by atoms with E-state index in [-0.39, 0.29) is 23.8 Å². The first kappa shape index (κ1) is 20.0. The summed E-state index contributed by atoms with van der Waals surface area (Å²) in [5.74, 6) is -0.308. The van der Waals surface area contributed by atoms with Crippen LogP contribution in [0.3, 0.4) is 0 Å². The van der Waals surface area contributed by atoms with Gasteiger partial charge in [-0.1, -0.05) is 0 Å². The normalized spacial score (nSPS) is 18.6. The van der Waals surface area contributed by atoms with E-state index in [1.807, 2.05) is 13.1 Å². The summed E-state index contributed by atoms with van der Waals surface area (Å²) in [4.78, 5) is 29.2. The molecule has 1 aliphatic rings. The molecule has 0 aliphatic heterocycles. The fourth-order valence-corrected chi connectivity index (χ4v) is 4.04. The number of aromatic amines is 1. The van der Waals surface area contributed by atoms with E-state index in [9.17, 15) is 9.18 Å². The summed E-state index contributed by atoms with van der Waals surface area (Å²) in [6.07, 6.45) is 9.35. The molecule has 4 aromatic heterocycles. The number of hydrogen-bond donors (Lipinski definition) is 3. The van der Waals surface area contributed by atoms with E-state index in [0.717, 1.165) is 30.8 Å². The van der Waals surface area contributed by atoms with Crippen LogP contribution in [0.2, 0.25) is 0 Å². The number of nitrogens with one attached hydrogen (secondary N) is 3. The van der Waals surface area contributed by atoms with Gasteiger partial charge in [-0.2, -0.15) is 5.10 Å². The van der Waals surface area contributed by atoms with Gasteiger partial charge >= 0.3 is 0 Å². The Labute approximate surface area is 182 Å². The van der Waals surface area contributed by atoms with E-state index >= 15 is 0 Å². The van der Waals surface area contributed by atoms with E-state index in [1.165, 1.54) is 0 Å². The minimum absolute atomic E-state index is 0.0264. The molecule has 4 heterocycles. The summed E-state index contributed by atoms with van der Waals surface area (Å²) in [7, 11) is 1.82. The molecule has 0 unspecified atom stereocenters. The van der Waals surface area contributed by atoms with Crippen LogP contribution in [0.5, 0.6) is 0 Å². The maximum atomic E-state index is 14.5. The number of H-pyrrole nitrogens is 1.